The van der Waals surface area contributed by atoms with E-state index in [1.54, 1.807) is 12.1 Å². The van der Waals surface area contributed by atoms with E-state index in [9.17, 15) is 5.11 Å². The minimum atomic E-state index is -1.65. The van der Waals surface area contributed by atoms with E-state index in [-0.39, 0.29) is 0 Å². The molecule has 0 aliphatic rings. The SMILES string of the molecule is OC(O)C#Cc1cc2ccc(OC(O)C#Cc3cccs3)cc2s1. The van der Waals surface area contributed by atoms with E-state index in [1.165, 1.54) is 22.7 Å². The van der Waals surface area contributed by atoms with Crippen LogP contribution in [-0.4, -0.2) is 27.9 Å². The molecular formula is C18H12O4S2. The Morgan fingerprint density at radius 2 is 1.79 bits per heavy atom. The van der Waals surface area contributed by atoms with Crippen LogP contribution in [0, 0.1) is 23.7 Å². The zero-order valence-electron chi connectivity index (χ0n) is 12.3. The smallest absolute Gasteiger partial charge is 0.262 e. The number of hydrogen-bond acceptors (Lipinski definition) is 6. The lowest BCUT2D eigenvalue weighted by Gasteiger charge is -2.07. The molecule has 0 aliphatic heterocycles. The van der Waals surface area contributed by atoms with Crippen molar-refractivity contribution >= 4 is 32.8 Å². The van der Waals surface area contributed by atoms with Crippen LogP contribution in [0.2, 0.25) is 0 Å². The molecule has 6 heteroatoms. The molecular weight excluding hydrogens is 344 g/mol. The van der Waals surface area contributed by atoms with E-state index in [0.717, 1.165) is 15.0 Å². The topological polar surface area (TPSA) is 69.9 Å². The maximum atomic E-state index is 9.86. The van der Waals surface area contributed by atoms with Gasteiger partial charge in [0.2, 0.25) is 6.29 Å². The van der Waals surface area contributed by atoms with Gasteiger partial charge in [0.15, 0.2) is 0 Å². The molecule has 0 spiro atoms. The van der Waals surface area contributed by atoms with Gasteiger partial charge in [-0.3, -0.25) is 0 Å². The Balaban J connectivity index is 1.74. The Labute approximate surface area is 146 Å². The van der Waals surface area contributed by atoms with Crippen LogP contribution in [-0.2, 0) is 0 Å². The van der Waals surface area contributed by atoms with Crippen LogP contribution in [0.1, 0.15) is 9.75 Å². The fraction of sp³-hybridized carbons (Fsp3) is 0.111. The Hall–Kier alpha value is -2.32. The zero-order valence-corrected chi connectivity index (χ0v) is 13.9. The van der Waals surface area contributed by atoms with E-state index in [2.05, 4.69) is 23.7 Å². The third kappa shape index (κ3) is 4.36. The molecule has 4 nitrogen and oxygen atoms in total. The van der Waals surface area contributed by atoms with Crippen molar-refractivity contribution in [3.05, 3.63) is 51.5 Å². The molecule has 1 atom stereocenters. The molecule has 120 valence electrons. The van der Waals surface area contributed by atoms with E-state index >= 15 is 0 Å². The van der Waals surface area contributed by atoms with Crippen LogP contribution in [0.5, 0.6) is 5.75 Å². The number of ether oxygens (including phenoxy) is 1. The van der Waals surface area contributed by atoms with Crippen molar-refractivity contribution in [2.45, 2.75) is 12.6 Å². The number of fused-ring (bicyclic) bond motifs is 1. The lowest BCUT2D eigenvalue weighted by Crippen LogP contribution is -2.12. The Morgan fingerprint density at radius 3 is 2.54 bits per heavy atom. The first-order valence-electron chi connectivity index (χ1n) is 6.91. The molecule has 3 aromatic rings. The number of rotatable bonds is 2. The average Bonchev–Trinajstić information content (AvgIpc) is 3.19. The van der Waals surface area contributed by atoms with Gasteiger partial charge in [0.1, 0.15) is 5.75 Å². The fourth-order valence-electron chi connectivity index (χ4n) is 1.92. The van der Waals surface area contributed by atoms with Gasteiger partial charge in [0.25, 0.3) is 6.29 Å². The van der Waals surface area contributed by atoms with Gasteiger partial charge < -0.3 is 20.1 Å². The van der Waals surface area contributed by atoms with Crippen LogP contribution >= 0.6 is 22.7 Å². The molecule has 0 saturated heterocycles. The molecule has 0 bridgehead atoms. The summed E-state index contributed by atoms with van der Waals surface area (Å²) in [6, 6.07) is 11.0. The van der Waals surface area contributed by atoms with Crippen molar-refractivity contribution in [2.75, 3.05) is 0 Å². The first-order valence-corrected chi connectivity index (χ1v) is 8.61. The molecule has 0 amide bonds. The Bertz CT molecular complexity index is 950. The third-order valence-electron chi connectivity index (χ3n) is 2.90. The quantitative estimate of drug-likeness (QED) is 0.487. The molecule has 2 heterocycles. The van der Waals surface area contributed by atoms with Crippen molar-refractivity contribution in [3.8, 4) is 29.4 Å². The summed E-state index contributed by atoms with van der Waals surface area (Å²) in [6.45, 7) is 0. The van der Waals surface area contributed by atoms with Crippen LogP contribution in [0.15, 0.2) is 41.8 Å². The highest BCUT2D eigenvalue weighted by molar-refractivity contribution is 7.19. The molecule has 1 unspecified atom stereocenters. The lowest BCUT2D eigenvalue weighted by molar-refractivity contribution is 0.0108. The maximum Gasteiger partial charge on any atom is 0.262 e. The van der Waals surface area contributed by atoms with Crippen molar-refractivity contribution < 1.29 is 20.1 Å². The van der Waals surface area contributed by atoms with Gasteiger partial charge in [0, 0.05) is 4.70 Å². The number of thiophene rings is 2. The summed E-state index contributed by atoms with van der Waals surface area (Å²) in [5.41, 5.74) is 0. The molecule has 0 saturated carbocycles. The van der Waals surface area contributed by atoms with E-state index in [0.29, 0.717) is 10.6 Å². The molecule has 1 aromatic carbocycles. The zero-order chi connectivity index (χ0) is 16.9. The van der Waals surface area contributed by atoms with Crippen LogP contribution < -0.4 is 4.74 Å². The average molecular weight is 356 g/mol. The van der Waals surface area contributed by atoms with Crippen LogP contribution in [0.3, 0.4) is 0 Å². The summed E-state index contributed by atoms with van der Waals surface area (Å²) in [7, 11) is 0. The molecule has 2 aromatic heterocycles. The first-order chi connectivity index (χ1) is 11.6. The number of aliphatic hydroxyl groups is 3. The van der Waals surface area contributed by atoms with Gasteiger partial charge in [-0.05, 0) is 58.9 Å². The van der Waals surface area contributed by atoms with Crippen LogP contribution in [0.4, 0.5) is 0 Å². The van der Waals surface area contributed by atoms with Crippen molar-refractivity contribution in [3.63, 3.8) is 0 Å². The first kappa shape index (κ1) is 16.5. The molecule has 3 rings (SSSR count). The lowest BCUT2D eigenvalue weighted by atomic mass is 10.2. The van der Waals surface area contributed by atoms with Crippen molar-refractivity contribution in [1.82, 2.24) is 0 Å². The molecule has 3 N–H and O–H groups in total. The Kier molecular flexibility index (Phi) is 5.17. The number of benzene rings is 1. The van der Waals surface area contributed by atoms with Gasteiger partial charge in [-0.1, -0.05) is 12.0 Å². The largest absolute Gasteiger partial charge is 0.454 e. The normalized spacial score (nSPS) is 11.5. The number of hydrogen-bond donors (Lipinski definition) is 3. The van der Waals surface area contributed by atoms with E-state index < -0.39 is 12.6 Å². The van der Waals surface area contributed by atoms with Gasteiger partial charge in [-0.2, -0.15) is 0 Å². The molecule has 0 fully saturated rings. The minimum absolute atomic E-state index is 0.499. The van der Waals surface area contributed by atoms with E-state index in [4.69, 9.17) is 14.9 Å². The van der Waals surface area contributed by atoms with Crippen LogP contribution in [0.25, 0.3) is 10.1 Å². The second-order valence-electron chi connectivity index (χ2n) is 4.67. The Morgan fingerprint density at radius 1 is 0.958 bits per heavy atom. The molecule has 0 radical (unpaired) electrons. The van der Waals surface area contributed by atoms with Gasteiger partial charge in [0.05, 0.1) is 9.75 Å². The monoisotopic (exact) mass is 356 g/mol. The fourth-order valence-corrected chi connectivity index (χ4v) is 3.45. The summed E-state index contributed by atoms with van der Waals surface area (Å²) in [4.78, 5) is 1.58. The second kappa shape index (κ2) is 7.50. The molecule has 24 heavy (non-hydrogen) atoms. The summed E-state index contributed by atoms with van der Waals surface area (Å²) in [5, 5.41) is 30.3. The highest BCUT2D eigenvalue weighted by Crippen LogP contribution is 2.29. The summed E-state index contributed by atoms with van der Waals surface area (Å²) >= 11 is 2.90. The summed E-state index contributed by atoms with van der Waals surface area (Å²) in [6.07, 6.45) is -2.86. The summed E-state index contributed by atoms with van der Waals surface area (Å²) in [5.74, 6) is 11.0. The number of aliphatic hydroxyl groups excluding tert-OH is 2. The van der Waals surface area contributed by atoms with E-state index in [1.807, 2.05) is 29.6 Å². The van der Waals surface area contributed by atoms with Gasteiger partial charge >= 0.3 is 0 Å². The maximum absolute atomic E-state index is 9.86. The van der Waals surface area contributed by atoms with Gasteiger partial charge in [-0.25, -0.2) is 0 Å². The third-order valence-corrected chi connectivity index (χ3v) is 4.70. The minimum Gasteiger partial charge on any atom is -0.454 e. The predicted molar refractivity (Wildman–Crippen MR) is 94.8 cm³/mol. The highest BCUT2D eigenvalue weighted by Gasteiger charge is 2.05. The highest BCUT2D eigenvalue weighted by atomic mass is 32.1. The molecule has 0 aliphatic carbocycles. The summed E-state index contributed by atoms with van der Waals surface area (Å²) < 4.78 is 6.32. The van der Waals surface area contributed by atoms with Gasteiger partial charge in [-0.15, -0.1) is 22.7 Å². The van der Waals surface area contributed by atoms with Crippen molar-refractivity contribution in [2.24, 2.45) is 0 Å². The predicted octanol–water partition coefficient (Wildman–Crippen LogP) is 2.37. The van der Waals surface area contributed by atoms with Crippen molar-refractivity contribution in [1.29, 1.82) is 0 Å². The second-order valence-corrected chi connectivity index (χ2v) is 6.70. The standard InChI is InChI=1S/C18H12O4S2/c19-17(20)7-5-15-10-12-3-4-13(11-16(12)24-15)22-18(21)8-6-14-2-1-9-23-14/h1-4,9-11,17-21H.